The minimum atomic E-state index is -4.82. The van der Waals surface area contributed by atoms with Gasteiger partial charge >= 0.3 is 18.5 Å². The Morgan fingerprint density at radius 3 is 2.00 bits per heavy atom. The largest absolute Gasteiger partial charge is 0.573 e. The number of halogens is 3. The molecule has 3 aromatic carbocycles. The van der Waals surface area contributed by atoms with Crippen molar-refractivity contribution >= 4 is 40.4 Å². The highest BCUT2D eigenvalue weighted by molar-refractivity contribution is 6.14. The van der Waals surface area contributed by atoms with Crippen LogP contribution in [0.3, 0.4) is 0 Å². The van der Waals surface area contributed by atoms with Crippen molar-refractivity contribution in [2.45, 2.75) is 65.2 Å². The number of ether oxygens (including phenoxy) is 3. The van der Waals surface area contributed by atoms with Crippen molar-refractivity contribution in [1.82, 2.24) is 4.98 Å². The minimum Gasteiger partial charge on any atom is -0.443 e. The quantitative estimate of drug-likeness (QED) is 0.214. The topological polar surface area (TPSA) is 127 Å². The number of amides is 3. The second kappa shape index (κ2) is 13.3. The summed E-state index contributed by atoms with van der Waals surface area (Å²) in [4.78, 5) is 44.4. The zero-order valence-electron chi connectivity index (χ0n) is 26.5. The van der Waals surface area contributed by atoms with Crippen molar-refractivity contribution in [3.05, 3.63) is 84.6 Å². The lowest BCUT2D eigenvalue weighted by Crippen LogP contribution is -2.44. The van der Waals surface area contributed by atoms with Crippen LogP contribution in [0.15, 0.2) is 79.0 Å². The Bertz CT molecular complexity index is 1750. The number of alkyl halides is 3. The number of fused-ring (bicyclic) bond motifs is 1. The lowest BCUT2D eigenvalue weighted by Gasteiger charge is -2.28. The molecule has 0 aliphatic rings. The van der Waals surface area contributed by atoms with Gasteiger partial charge in [0.15, 0.2) is 11.9 Å². The third kappa shape index (κ3) is 9.42. The number of aromatic nitrogens is 1. The molecule has 0 spiro atoms. The first-order chi connectivity index (χ1) is 21.8. The molecular formula is C34H34F3N3O7. The lowest BCUT2D eigenvalue weighted by atomic mass is 10.00. The molecule has 3 amide bonds. The number of aliphatic hydroxyl groups is 1. The molecule has 13 heteroatoms. The van der Waals surface area contributed by atoms with E-state index < -0.39 is 41.8 Å². The summed E-state index contributed by atoms with van der Waals surface area (Å²) < 4.78 is 52.3. The molecule has 2 N–H and O–H groups in total. The number of carbonyl (C=O) groups is 3. The Hall–Kier alpha value is -5.17. The first-order valence-electron chi connectivity index (χ1n) is 14.4. The van der Waals surface area contributed by atoms with E-state index >= 15 is 0 Å². The van der Waals surface area contributed by atoms with Gasteiger partial charge in [-0.3, -0.25) is 4.79 Å². The highest BCUT2D eigenvalue weighted by atomic mass is 19.4. The molecule has 248 valence electrons. The first kappa shape index (κ1) is 34.7. The fourth-order valence-electron chi connectivity index (χ4n) is 4.38. The molecule has 0 aliphatic heterocycles. The van der Waals surface area contributed by atoms with Crippen LogP contribution in [0, 0.1) is 0 Å². The van der Waals surface area contributed by atoms with E-state index in [9.17, 15) is 32.7 Å². The summed E-state index contributed by atoms with van der Waals surface area (Å²) >= 11 is 0. The molecule has 0 saturated heterocycles. The molecule has 4 aromatic rings. The number of anilines is 2. The predicted molar refractivity (Wildman–Crippen MR) is 169 cm³/mol. The summed E-state index contributed by atoms with van der Waals surface area (Å²) in [6.45, 7) is 9.93. The molecule has 0 aliphatic carbocycles. The number of nitrogens with one attached hydrogen (secondary N) is 1. The highest BCUT2D eigenvalue weighted by Crippen LogP contribution is 2.31. The van der Waals surface area contributed by atoms with Crippen LogP contribution >= 0.6 is 0 Å². The Labute approximate surface area is 269 Å². The summed E-state index contributed by atoms with van der Waals surface area (Å²) in [6, 6.07) is 17.8. The maximum atomic E-state index is 13.2. The number of nitrogens with zero attached hydrogens (tertiary/aromatic N) is 2. The van der Waals surface area contributed by atoms with E-state index in [1.165, 1.54) is 42.6 Å². The Balaban J connectivity index is 1.56. The molecule has 0 radical (unpaired) electrons. The van der Waals surface area contributed by atoms with Crippen molar-refractivity contribution in [3.8, 4) is 16.9 Å². The molecule has 4 rings (SSSR count). The van der Waals surface area contributed by atoms with Gasteiger partial charge in [0.25, 0.3) is 5.91 Å². The fraction of sp³-hybridized carbons (Fsp3) is 0.294. The third-order valence-corrected chi connectivity index (χ3v) is 6.25. The number of hydrogen-bond donors (Lipinski definition) is 2. The summed E-state index contributed by atoms with van der Waals surface area (Å²) in [7, 11) is 0. The van der Waals surface area contributed by atoms with E-state index in [1.54, 1.807) is 77.9 Å². The number of pyridine rings is 1. The lowest BCUT2D eigenvalue weighted by molar-refractivity contribution is -0.274. The van der Waals surface area contributed by atoms with E-state index in [1.807, 2.05) is 0 Å². The fourth-order valence-corrected chi connectivity index (χ4v) is 4.38. The number of hydrogen-bond acceptors (Lipinski definition) is 8. The second-order valence-electron chi connectivity index (χ2n) is 12.5. The van der Waals surface area contributed by atoms with Gasteiger partial charge in [0.2, 0.25) is 0 Å². The van der Waals surface area contributed by atoms with Crippen molar-refractivity contribution in [3.63, 3.8) is 0 Å². The van der Waals surface area contributed by atoms with E-state index in [2.05, 4.69) is 15.0 Å². The Morgan fingerprint density at radius 1 is 0.809 bits per heavy atom. The maximum Gasteiger partial charge on any atom is 0.573 e. The SMILES string of the molecule is CC(C)(C)OC(=O)N(C(=O)OC(C)(C)C)c1nccc2cc(NC(=O)C(O)c3cccc(-c4ccc(OC(F)(F)F)cc4)c3)ccc12. The van der Waals surface area contributed by atoms with Crippen LogP contribution in [-0.4, -0.2) is 45.7 Å². The normalized spacial score (nSPS) is 12.6. The number of rotatable bonds is 6. The van der Waals surface area contributed by atoms with Crippen LogP contribution in [0.25, 0.3) is 21.9 Å². The number of imide groups is 1. The van der Waals surface area contributed by atoms with Gasteiger partial charge in [0.1, 0.15) is 17.0 Å². The number of carbonyl (C=O) groups excluding carboxylic acids is 3. The van der Waals surface area contributed by atoms with E-state index in [-0.39, 0.29) is 17.1 Å². The first-order valence-corrected chi connectivity index (χ1v) is 14.4. The monoisotopic (exact) mass is 653 g/mol. The van der Waals surface area contributed by atoms with Gasteiger partial charge in [-0.2, -0.15) is 4.90 Å². The molecule has 1 heterocycles. The molecular weight excluding hydrogens is 619 g/mol. The molecule has 0 saturated carbocycles. The van der Waals surface area contributed by atoms with Crippen molar-refractivity contribution < 1.29 is 46.9 Å². The Morgan fingerprint density at radius 2 is 1.43 bits per heavy atom. The summed E-state index contributed by atoms with van der Waals surface area (Å²) in [6.07, 6.45) is -7.00. The van der Waals surface area contributed by atoms with Crippen molar-refractivity contribution in [2.24, 2.45) is 0 Å². The van der Waals surface area contributed by atoms with Crippen molar-refractivity contribution in [2.75, 3.05) is 10.2 Å². The molecule has 1 atom stereocenters. The average Bonchev–Trinajstić information content (AvgIpc) is 2.94. The highest BCUT2D eigenvalue weighted by Gasteiger charge is 2.35. The second-order valence-corrected chi connectivity index (χ2v) is 12.5. The Kier molecular flexibility index (Phi) is 9.81. The van der Waals surface area contributed by atoms with Gasteiger partial charge in [-0.05, 0) is 106 Å². The van der Waals surface area contributed by atoms with Crippen LogP contribution in [0.1, 0.15) is 53.2 Å². The molecule has 1 aromatic heterocycles. The van der Waals surface area contributed by atoms with Crippen LogP contribution < -0.4 is 15.0 Å². The summed E-state index contributed by atoms with van der Waals surface area (Å²) in [5.41, 5.74) is -0.200. The van der Waals surface area contributed by atoms with Crippen LogP contribution in [-0.2, 0) is 14.3 Å². The summed E-state index contributed by atoms with van der Waals surface area (Å²) in [5.74, 6) is -1.18. The van der Waals surface area contributed by atoms with Gasteiger partial charge in [0.05, 0.1) is 0 Å². The molecule has 10 nitrogen and oxygen atoms in total. The van der Waals surface area contributed by atoms with Crippen LogP contribution in [0.2, 0.25) is 0 Å². The van der Waals surface area contributed by atoms with E-state index in [0.717, 1.165) is 0 Å². The standard InChI is InChI=1S/C34H34F3N3O7/c1-32(2,3)46-30(43)40(31(44)47-33(4,5)6)28-26-15-12-24(19-22(26)16-17-38-28)39-29(42)27(41)23-9-7-8-21(18-23)20-10-13-25(14-11-20)45-34(35,36)37/h7-19,27,41H,1-6H3,(H,39,42). The van der Waals surface area contributed by atoms with Gasteiger partial charge in [0, 0.05) is 17.3 Å². The van der Waals surface area contributed by atoms with Gasteiger partial charge in [-0.25, -0.2) is 14.6 Å². The zero-order chi connectivity index (χ0) is 34.7. The van der Waals surface area contributed by atoms with Gasteiger partial charge in [-0.15, -0.1) is 13.2 Å². The van der Waals surface area contributed by atoms with Crippen LogP contribution in [0.4, 0.5) is 34.3 Å². The number of aliphatic hydroxyl groups excluding tert-OH is 1. The van der Waals surface area contributed by atoms with E-state index in [0.29, 0.717) is 32.5 Å². The molecule has 1 unspecified atom stereocenters. The molecule has 0 bridgehead atoms. The van der Waals surface area contributed by atoms with Crippen LogP contribution in [0.5, 0.6) is 5.75 Å². The zero-order valence-corrected chi connectivity index (χ0v) is 26.5. The molecule has 47 heavy (non-hydrogen) atoms. The van der Waals surface area contributed by atoms with E-state index in [4.69, 9.17) is 9.47 Å². The molecule has 0 fully saturated rings. The predicted octanol–water partition coefficient (Wildman–Crippen LogP) is 8.15. The third-order valence-electron chi connectivity index (χ3n) is 6.25. The van der Waals surface area contributed by atoms with Gasteiger partial charge < -0.3 is 24.6 Å². The minimum absolute atomic E-state index is 0.0428. The van der Waals surface area contributed by atoms with Crippen molar-refractivity contribution in [1.29, 1.82) is 0 Å². The number of benzene rings is 3. The summed E-state index contributed by atoms with van der Waals surface area (Å²) in [5, 5.41) is 14.4. The smallest absolute Gasteiger partial charge is 0.443 e. The maximum absolute atomic E-state index is 13.2. The van der Waals surface area contributed by atoms with Gasteiger partial charge in [-0.1, -0.05) is 30.3 Å². The average molecular weight is 654 g/mol.